The molecule has 0 aliphatic carbocycles. The van der Waals surface area contributed by atoms with Gasteiger partial charge in [-0.3, -0.25) is 19.7 Å². The molecule has 0 amide bonds. The lowest BCUT2D eigenvalue weighted by atomic mass is 10.1. The maximum atomic E-state index is 11.1. The lowest BCUT2D eigenvalue weighted by Crippen LogP contribution is -2.43. The maximum Gasteiger partial charge on any atom is 0.328 e. The number of carboxylic acids is 1. The van der Waals surface area contributed by atoms with E-state index < -0.39 is 17.8 Å². The smallest absolute Gasteiger partial charge is 0.328 e. The molecule has 0 aromatic rings. The Morgan fingerprint density at radius 1 is 1.38 bits per heavy atom. The van der Waals surface area contributed by atoms with Crippen LogP contribution in [0.4, 0.5) is 0 Å². The van der Waals surface area contributed by atoms with Crippen molar-refractivity contribution in [3.63, 3.8) is 0 Å². The van der Waals surface area contributed by atoms with Gasteiger partial charge in [0.25, 0.3) is 0 Å². The Morgan fingerprint density at radius 3 is 2.23 bits per heavy atom. The van der Waals surface area contributed by atoms with Crippen LogP contribution >= 0.6 is 0 Å². The van der Waals surface area contributed by atoms with Crippen LogP contribution in [0, 0.1) is 0 Å². The van der Waals surface area contributed by atoms with Crippen molar-refractivity contribution >= 4 is 17.5 Å². The zero-order chi connectivity index (χ0) is 10.4. The zero-order valence-corrected chi connectivity index (χ0v) is 7.66. The fourth-order valence-electron chi connectivity index (χ4n) is 0.890. The minimum atomic E-state index is -1.26. The SMILES string of the molecule is CCNC(C(=O)O)C(=O)CC(C)=O. The van der Waals surface area contributed by atoms with E-state index in [0.29, 0.717) is 6.54 Å². The van der Waals surface area contributed by atoms with Crippen LogP contribution in [0.3, 0.4) is 0 Å². The molecule has 13 heavy (non-hydrogen) atoms. The molecule has 0 spiro atoms. The predicted octanol–water partition coefficient (Wildman–Crippen LogP) is -0.403. The van der Waals surface area contributed by atoms with E-state index in [0.717, 1.165) is 0 Å². The largest absolute Gasteiger partial charge is 0.480 e. The summed E-state index contributed by atoms with van der Waals surface area (Å²) in [5, 5.41) is 11.1. The monoisotopic (exact) mass is 187 g/mol. The van der Waals surface area contributed by atoms with Gasteiger partial charge in [-0.1, -0.05) is 6.92 Å². The van der Waals surface area contributed by atoms with Crippen molar-refractivity contribution in [2.75, 3.05) is 6.54 Å². The second-order valence-corrected chi connectivity index (χ2v) is 2.67. The maximum absolute atomic E-state index is 11.1. The van der Waals surface area contributed by atoms with Gasteiger partial charge >= 0.3 is 5.97 Å². The van der Waals surface area contributed by atoms with Gasteiger partial charge in [-0.05, 0) is 13.5 Å². The van der Waals surface area contributed by atoms with Gasteiger partial charge in [0.2, 0.25) is 0 Å². The first-order valence-corrected chi connectivity index (χ1v) is 3.97. The molecular formula is C8H13NO4. The minimum Gasteiger partial charge on any atom is -0.480 e. The molecule has 0 bridgehead atoms. The van der Waals surface area contributed by atoms with Crippen LogP contribution in [-0.4, -0.2) is 35.2 Å². The normalized spacial score (nSPS) is 12.2. The molecule has 0 saturated carbocycles. The van der Waals surface area contributed by atoms with Crippen molar-refractivity contribution < 1.29 is 19.5 Å². The summed E-state index contributed by atoms with van der Waals surface area (Å²) >= 11 is 0. The molecule has 0 aliphatic rings. The van der Waals surface area contributed by atoms with Gasteiger partial charge in [-0.25, -0.2) is 0 Å². The second kappa shape index (κ2) is 5.42. The Hall–Kier alpha value is -1.23. The molecule has 5 heteroatoms. The predicted molar refractivity (Wildman–Crippen MR) is 45.4 cm³/mol. The van der Waals surface area contributed by atoms with E-state index in [1.54, 1.807) is 6.92 Å². The van der Waals surface area contributed by atoms with E-state index in [1.807, 2.05) is 0 Å². The molecule has 0 aliphatic heterocycles. The third kappa shape index (κ3) is 4.37. The number of aliphatic carboxylic acids is 1. The number of hydrogen-bond donors (Lipinski definition) is 2. The molecule has 2 N–H and O–H groups in total. The minimum absolute atomic E-state index is 0.325. The Kier molecular flexibility index (Phi) is 4.91. The summed E-state index contributed by atoms with van der Waals surface area (Å²) < 4.78 is 0. The number of Topliss-reactive ketones (excluding diaryl/α,β-unsaturated/α-hetero) is 2. The van der Waals surface area contributed by atoms with Crippen molar-refractivity contribution in [2.24, 2.45) is 0 Å². The van der Waals surface area contributed by atoms with Crippen molar-refractivity contribution in [2.45, 2.75) is 26.3 Å². The molecule has 0 aromatic heterocycles. The molecule has 0 aromatic carbocycles. The molecule has 1 unspecified atom stereocenters. The quantitative estimate of drug-likeness (QED) is 0.553. The number of carbonyl (C=O) groups is 3. The van der Waals surface area contributed by atoms with Crippen molar-refractivity contribution in [1.29, 1.82) is 0 Å². The van der Waals surface area contributed by atoms with Gasteiger partial charge in [-0.15, -0.1) is 0 Å². The van der Waals surface area contributed by atoms with Crippen LogP contribution in [0.25, 0.3) is 0 Å². The molecule has 5 nitrogen and oxygen atoms in total. The molecule has 1 atom stereocenters. The highest BCUT2D eigenvalue weighted by molar-refractivity contribution is 6.09. The first-order valence-electron chi connectivity index (χ1n) is 3.97. The van der Waals surface area contributed by atoms with E-state index in [9.17, 15) is 14.4 Å². The molecule has 74 valence electrons. The van der Waals surface area contributed by atoms with Crippen LogP contribution in [0.5, 0.6) is 0 Å². The van der Waals surface area contributed by atoms with E-state index >= 15 is 0 Å². The summed E-state index contributed by atoms with van der Waals surface area (Å²) in [5.74, 6) is -2.16. The zero-order valence-electron chi connectivity index (χ0n) is 7.66. The van der Waals surface area contributed by atoms with Crippen LogP contribution in [0.1, 0.15) is 20.3 Å². The van der Waals surface area contributed by atoms with Crippen molar-refractivity contribution in [3.05, 3.63) is 0 Å². The van der Waals surface area contributed by atoms with Gasteiger partial charge in [0.05, 0.1) is 6.42 Å². The summed E-state index contributed by atoms with van der Waals surface area (Å²) in [6, 6.07) is -1.26. The fourth-order valence-corrected chi connectivity index (χ4v) is 0.890. The van der Waals surface area contributed by atoms with Gasteiger partial charge in [0, 0.05) is 0 Å². The van der Waals surface area contributed by atoms with Gasteiger partial charge in [0.15, 0.2) is 11.8 Å². The third-order valence-corrected chi connectivity index (χ3v) is 1.40. The summed E-state index contributed by atoms with van der Waals surface area (Å²) in [6.07, 6.45) is -0.329. The fraction of sp³-hybridized carbons (Fsp3) is 0.625. The highest BCUT2D eigenvalue weighted by Crippen LogP contribution is 1.93. The number of hydrogen-bond acceptors (Lipinski definition) is 4. The summed E-state index contributed by atoms with van der Waals surface area (Å²) in [4.78, 5) is 32.2. The number of rotatable bonds is 6. The van der Waals surface area contributed by atoms with Crippen LogP contribution in [-0.2, 0) is 14.4 Å². The number of nitrogens with one attached hydrogen (secondary N) is 1. The molecule has 0 heterocycles. The molecule has 0 saturated heterocycles. The van der Waals surface area contributed by atoms with Crippen LogP contribution in [0.15, 0.2) is 0 Å². The first-order chi connectivity index (χ1) is 5.99. The third-order valence-electron chi connectivity index (χ3n) is 1.40. The van der Waals surface area contributed by atoms with E-state index in [4.69, 9.17) is 5.11 Å². The molecule has 0 fully saturated rings. The molecule has 0 rings (SSSR count). The summed E-state index contributed by atoms with van der Waals surface area (Å²) in [6.45, 7) is 3.32. The van der Waals surface area contributed by atoms with E-state index in [2.05, 4.69) is 5.32 Å². The standard InChI is InChI=1S/C8H13NO4/c1-3-9-7(8(12)13)6(11)4-5(2)10/h7,9H,3-4H2,1-2H3,(H,12,13). The first kappa shape index (κ1) is 11.8. The Bertz CT molecular complexity index is 224. The lowest BCUT2D eigenvalue weighted by molar-refractivity contribution is -0.143. The van der Waals surface area contributed by atoms with Crippen LogP contribution in [0.2, 0.25) is 0 Å². The number of carboxylic acid groups (broad SMARTS) is 1. The number of likely N-dealkylation sites (N-methyl/N-ethyl adjacent to an activating group) is 1. The molecular weight excluding hydrogens is 174 g/mol. The van der Waals surface area contributed by atoms with Crippen LogP contribution < -0.4 is 5.32 Å². The van der Waals surface area contributed by atoms with E-state index in [-0.39, 0.29) is 12.2 Å². The molecule has 0 radical (unpaired) electrons. The average Bonchev–Trinajstić information content (AvgIpc) is 1.97. The van der Waals surface area contributed by atoms with Crippen molar-refractivity contribution in [1.82, 2.24) is 5.32 Å². The van der Waals surface area contributed by atoms with Gasteiger partial charge in [0.1, 0.15) is 5.78 Å². The Morgan fingerprint density at radius 2 is 1.92 bits per heavy atom. The summed E-state index contributed by atoms with van der Waals surface area (Å²) in [7, 11) is 0. The highest BCUT2D eigenvalue weighted by atomic mass is 16.4. The van der Waals surface area contributed by atoms with Crippen molar-refractivity contribution in [3.8, 4) is 0 Å². The number of ketones is 2. The Labute approximate surface area is 76.1 Å². The Balaban J connectivity index is 4.28. The topological polar surface area (TPSA) is 83.5 Å². The average molecular weight is 187 g/mol. The second-order valence-electron chi connectivity index (χ2n) is 2.67. The lowest BCUT2D eigenvalue weighted by Gasteiger charge is -2.10. The number of carbonyl (C=O) groups excluding carboxylic acids is 2. The van der Waals surface area contributed by atoms with E-state index in [1.165, 1.54) is 6.92 Å². The summed E-state index contributed by atoms with van der Waals surface area (Å²) in [5.41, 5.74) is 0. The van der Waals surface area contributed by atoms with Gasteiger partial charge in [-0.2, -0.15) is 0 Å². The van der Waals surface area contributed by atoms with Gasteiger partial charge < -0.3 is 5.11 Å². The highest BCUT2D eigenvalue weighted by Gasteiger charge is 2.25.